The topological polar surface area (TPSA) is 65.5 Å². The molecule has 2 aromatic rings. The van der Waals surface area contributed by atoms with Gasteiger partial charge in [-0.1, -0.05) is 36.4 Å². The zero-order chi connectivity index (χ0) is 17.2. The quantitative estimate of drug-likeness (QED) is 0.356. The van der Waals surface area contributed by atoms with Gasteiger partial charge in [-0.2, -0.15) is 0 Å². The number of benzene rings is 2. The van der Waals surface area contributed by atoms with Crippen LogP contribution >= 0.6 is 24.0 Å². The Hall–Kier alpha value is -2.16. The number of carbonyl (C=O) groups excluding carboxylic acids is 1. The molecule has 134 valence electrons. The maximum atomic E-state index is 13.5. The van der Waals surface area contributed by atoms with Crippen LogP contribution in [0.25, 0.3) is 0 Å². The summed E-state index contributed by atoms with van der Waals surface area (Å²) in [7, 11) is 1.62. The standard InChI is InChI=1S/C18H21FN4O.HI/c1-20-18(21-12-11-14-7-5-6-10-16(14)19)22-13-17(24)23-15-8-3-2-4-9-15;/h2-10H,11-13H2,1H3,(H,23,24)(H2,20,21,22);1H. The van der Waals surface area contributed by atoms with Gasteiger partial charge < -0.3 is 16.0 Å². The highest BCUT2D eigenvalue weighted by molar-refractivity contribution is 14.0. The molecule has 7 heteroatoms. The van der Waals surface area contributed by atoms with Crippen LogP contribution in [0.3, 0.4) is 0 Å². The molecule has 0 heterocycles. The lowest BCUT2D eigenvalue weighted by Crippen LogP contribution is -2.42. The molecule has 3 N–H and O–H groups in total. The number of carbonyl (C=O) groups is 1. The first kappa shape index (κ1) is 20.9. The SMILES string of the molecule is CN=C(NCCc1ccccc1F)NCC(=O)Nc1ccccc1.I. The zero-order valence-electron chi connectivity index (χ0n) is 14.0. The molecule has 0 saturated carbocycles. The monoisotopic (exact) mass is 456 g/mol. The average molecular weight is 456 g/mol. The minimum atomic E-state index is -0.218. The van der Waals surface area contributed by atoms with Crippen LogP contribution < -0.4 is 16.0 Å². The molecule has 0 unspecified atom stereocenters. The van der Waals surface area contributed by atoms with Crippen molar-refractivity contribution in [3.63, 3.8) is 0 Å². The van der Waals surface area contributed by atoms with E-state index in [0.29, 0.717) is 24.5 Å². The van der Waals surface area contributed by atoms with Crippen LogP contribution in [0, 0.1) is 5.82 Å². The summed E-state index contributed by atoms with van der Waals surface area (Å²) >= 11 is 0. The molecule has 0 aliphatic rings. The molecule has 25 heavy (non-hydrogen) atoms. The van der Waals surface area contributed by atoms with Crippen molar-refractivity contribution >= 4 is 41.5 Å². The first-order valence-corrected chi connectivity index (χ1v) is 7.72. The molecule has 0 spiro atoms. The Morgan fingerprint density at radius 1 is 1.04 bits per heavy atom. The van der Waals surface area contributed by atoms with E-state index >= 15 is 0 Å². The molecule has 2 aromatic carbocycles. The van der Waals surface area contributed by atoms with Crippen LogP contribution in [0.15, 0.2) is 59.6 Å². The normalized spacial score (nSPS) is 10.6. The Morgan fingerprint density at radius 2 is 1.72 bits per heavy atom. The van der Waals surface area contributed by atoms with Gasteiger partial charge in [0.25, 0.3) is 0 Å². The van der Waals surface area contributed by atoms with Crippen LogP contribution in [0.1, 0.15) is 5.56 Å². The molecule has 0 aliphatic heterocycles. The molecule has 2 rings (SSSR count). The summed E-state index contributed by atoms with van der Waals surface area (Å²) in [6.07, 6.45) is 0.531. The van der Waals surface area contributed by atoms with Gasteiger partial charge >= 0.3 is 0 Å². The Balaban J connectivity index is 0.00000312. The lowest BCUT2D eigenvalue weighted by atomic mass is 10.1. The molecule has 0 aliphatic carbocycles. The second-order valence-electron chi connectivity index (χ2n) is 5.11. The Morgan fingerprint density at radius 3 is 2.40 bits per heavy atom. The fourth-order valence-electron chi connectivity index (χ4n) is 2.13. The molecule has 0 bridgehead atoms. The molecular weight excluding hydrogens is 434 g/mol. The molecule has 0 saturated heterocycles. The number of rotatable bonds is 6. The number of nitrogens with zero attached hydrogens (tertiary/aromatic N) is 1. The summed E-state index contributed by atoms with van der Waals surface area (Å²) < 4.78 is 13.5. The fourth-order valence-corrected chi connectivity index (χ4v) is 2.13. The molecule has 0 aromatic heterocycles. The van der Waals surface area contributed by atoms with E-state index in [9.17, 15) is 9.18 Å². The zero-order valence-corrected chi connectivity index (χ0v) is 16.3. The van der Waals surface area contributed by atoms with Gasteiger partial charge in [-0.3, -0.25) is 9.79 Å². The minimum absolute atomic E-state index is 0. The van der Waals surface area contributed by atoms with Gasteiger partial charge in [-0.25, -0.2) is 4.39 Å². The average Bonchev–Trinajstić information content (AvgIpc) is 2.60. The van der Waals surface area contributed by atoms with Gasteiger partial charge in [0.1, 0.15) is 5.82 Å². The van der Waals surface area contributed by atoms with E-state index in [1.54, 1.807) is 25.2 Å². The summed E-state index contributed by atoms with van der Waals surface area (Å²) in [4.78, 5) is 15.9. The number of para-hydroxylation sites is 1. The van der Waals surface area contributed by atoms with E-state index in [4.69, 9.17) is 0 Å². The van der Waals surface area contributed by atoms with E-state index in [2.05, 4.69) is 20.9 Å². The van der Waals surface area contributed by atoms with E-state index in [-0.39, 0.29) is 42.2 Å². The van der Waals surface area contributed by atoms with Crippen molar-refractivity contribution in [3.05, 3.63) is 66.0 Å². The number of guanidine groups is 1. The number of amides is 1. The summed E-state index contributed by atoms with van der Waals surface area (Å²) in [6, 6.07) is 15.9. The first-order chi connectivity index (χ1) is 11.7. The van der Waals surface area contributed by atoms with Crippen LogP contribution in [0.4, 0.5) is 10.1 Å². The Kier molecular flexibility index (Phi) is 9.53. The van der Waals surface area contributed by atoms with E-state index in [0.717, 1.165) is 5.69 Å². The second-order valence-corrected chi connectivity index (χ2v) is 5.11. The van der Waals surface area contributed by atoms with Crippen molar-refractivity contribution in [2.45, 2.75) is 6.42 Å². The van der Waals surface area contributed by atoms with E-state index in [1.165, 1.54) is 6.07 Å². The summed E-state index contributed by atoms with van der Waals surface area (Å²) in [5.74, 6) is 0.109. The van der Waals surface area contributed by atoms with Crippen LogP contribution in [0.5, 0.6) is 0 Å². The number of anilines is 1. The van der Waals surface area contributed by atoms with E-state index in [1.807, 2.05) is 30.3 Å². The Labute approximate surface area is 164 Å². The Bertz CT molecular complexity index is 694. The first-order valence-electron chi connectivity index (χ1n) is 7.72. The smallest absolute Gasteiger partial charge is 0.243 e. The van der Waals surface area contributed by atoms with Gasteiger partial charge in [-0.15, -0.1) is 24.0 Å². The largest absolute Gasteiger partial charge is 0.356 e. The number of hydrogen-bond acceptors (Lipinski definition) is 2. The van der Waals surface area contributed by atoms with Crippen molar-refractivity contribution in [1.29, 1.82) is 0 Å². The van der Waals surface area contributed by atoms with Gasteiger partial charge in [0.05, 0.1) is 6.54 Å². The number of halogens is 2. The number of aliphatic imine (C=N–C) groups is 1. The third-order valence-electron chi connectivity index (χ3n) is 3.34. The predicted octanol–water partition coefficient (Wildman–Crippen LogP) is 2.79. The van der Waals surface area contributed by atoms with Crippen molar-refractivity contribution in [2.75, 3.05) is 25.5 Å². The highest BCUT2D eigenvalue weighted by atomic mass is 127. The number of nitrogens with one attached hydrogen (secondary N) is 3. The molecule has 0 atom stereocenters. The molecule has 1 amide bonds. The maximum absolute atomic E-state index is 13.5. The molecular formula is C18H22FIN4O. The lowest BCUT2D eigenvalue weighted by Gasteiger charge is -2.12. The summed E-state index contributed by atoms with van der Waals surface area (Å²) in [6.45, 7) is 0.606. The van der Waals surface area contributed by atoms with Crippen molar-refractivity contribution < 1.29 is 9.18 Å². The number of hydrogen-bond donors (Lipinski definition) is 3. The highest BCUT2D eigenvalue weighted by Gasteiger charge is 2.05. The minimum Gasteiger partial charge on any atom is -0.356 e. The van der Waals surface area contributed by atoms with Crippen molar-refractivity contribution in [3.8, 4) is 0 Å². The second kappa shape index (κ2) is 11.4. The lowest BCUT2D eigenvalue weighted by molar-refractivity contribution is -0.115. The summed E-state index contributed by atoms with van der Waals surface area (Å²) in [5.41, 5.74) is 1.38. The van der Waals surface area contributed by atoms with Crippen molar-refractivity contribution in [1.82, 2.24) is 10.6 Å². The fraction of sp³-hybridized carbons (Fsp3) is 0.222. The van der Waals surface area contributed by atoms with Crippen LogP contribution in [-0.2, 0) is 11.2 Å². The van der Waals surface area contributed by atoms with Crippen LogP contribution in [0.2, 0.25) is 0 Å². The van der Waals surface area contributed by atoms with Crippen LogP contribution in [-0.4, -0.2) is 32.0 Å². The van der Waals surface area contributed by atoms with Gasteiger partial charge in [0, 0.05) is 19.3 Å². The molecule has 0 fully saturated rings. The third kappa shape index (κ3) is 7.51. The summed E-state index contributed by atoms with van der Waals surface area (Å²) in [5, 5.41) is 8.76. The highest BCUT2D eigenvalue weighted by Crippen LogP contribution is 2.06. The predicted molar refractivity (Wildman–Crippen MR) is 110 cm³/mol. The van der Waals surface area contributed by atoms with Gasteiger partial charge in [0.15, 0.2) is 5.96 Å². The molecule has 5 nitrogen and oxygen atoms in total. The van der Waals surface area contributed by atoms with E-state index < -0.39 is 0 Å². The van der Waals surface area contributed by atoms with Crippen molar-refractivity contribution in [2.24, 2.45) is 4.99 Å². The van der Waals surface area contributed by atoms with Gasteiger partial charge in [0.2, 0.25) is 5.91 Å². The van der Waals surface area contributed by atoms with Gasteiger partial charge in [-0.05, 0) is 30.2 Å². The molecule has 0 radical (unpaired) electrons. The third-order valence-corrected chi connectivity index (χ3v) is 3.34. The maximum Gasteiger partial charge on any atom is 0.243 e.